The van der Waals surface area contributed by atoms with Crippen LogP contribution in [0, 0.1) is 13.8 Å². The number of aryl methyl sites for hydroxylation is 2. The average molecular weight is 247 g/mol. The Hall–Kier alpha value is -1.38. The minimum absolute atomic E-state index is 0.152. The van der Waals surface area contributed by atoms with Crippen LogP contribution in [-0.2, 0) is 0 Å². The molecule has 0 amide bonds. The summed E-state index contributed by atoms with van der Waals surface area (Å²) in [6.07, 6.45) is 3.61. The van der Waals surface area contributed by atoms with E-state index in [1.54, 1.807) is 6.20 Å². The Labute approximate surface area is 106 Å². The second-order valence-electron chi connectivity index (χ2n) is 4.21. The molecule has 0 fully saturated rings. The van der Waals surface area contributed by atoms with E-state index >= 15 is 0 Å². The summed E-state index contributed by atoms with van der Waals surface area (Å²) in [5, 5.41) is 0.737. The minimum atomic E-state index is -0.152. The van der Waals surface area contributed by atoms with Gasteiger partial charge in [0.2, 0.25) is 0 Å². The lowest BCUT2D eigenvalue weighted by Crippen LogP contribution is -2.14. The first kappa shape index (κ1) is 12.1. The summed E-state index contributed by atoms with van der Waals surface area (Å²) in [6.45, 7) is 4.06. The molecule has 1 aromatic carbocycles. The van der Waals surface area contributed by atoms with Crippen molar-refractivity contribution in [2.45, 2.75) is 19.9 Å². The van der Waals surface area contributed by atoms with E-state index in [1.807, 2.05) is 44.3 Å². The molecule has 88 valence electrons. The number of nitrogens with zero attached hydrogens (tertiary/aromatic N) is 1. The Kier molecular flexibility index (Phi) is 3.46. The van der Waals surface area contributed by atoms with Crippen molar-refractivity contribution in [1.29, 1.82) is 0 Å². The van der Waals surface area contributed by atoms with Gasteiger partial charge in [0.05, 0.1) is 6.04 Å². The minimum Gasteiger partial charge on any atom is -0.320 e. The highest BCUT2D eigenvalue weighted by Crippen LogP contribution is 2.26. The quantitative estimate of drug-likeness (QED) is 0.882. The van der Waals surface area contributed by atoms with Crippen molar-refractivity contribution in [3.63, 3.8) is 0 Å². The van der Waals surface area contributed by atoms with Crippen molar-refractivity contribution >= 4 is 11.6 Å². The van der Waals surface area contributed by atoms with Crippen molar-refractivity contribution in [3.8, 4) is 0 Å². The van der Waals surface area contributed by atoms with Crippen LogP contribution in [0.2, 0.25) is 5.02 Å². The van der Waals surface area contributed by atoms with Crippen molar-refractivity contribution in [1.82, 2.24) is 4.98 Å². The first-order chi connectivity index (χ1) is 8.09. The van der Waals surface area contributed by atoms with E-state index in [-0.39, 0.29) is 6.04 Å². The molecule has 1 unspecified atom stereocenters. The molecule has 2 rings (SSSR count). The summed E-state index contributed by atoms with van der Waals surface area (Å²) in [5.41, 5.74) is 10.7. The lowest BCUT2D eigenvalue weighted by atomic mass is 9.94. The van der Waals surface area contributed by atoms with Crippen molar-refractivity contribution in [3.05, 3.63) is 63.9 Å². The van der Waals surface area contributed by atoms with Gasteiger partial charge in [0.1, 0.15) is 0 Å². The third-order valence-electron chi connectivity index (χ3n) is 2.98. The fourth-order valence-electron chi connectivity index (χ4n) is 1.96. The molecule has 2 aromatic rings. The molecular weight excluding hydrogens is 232 g/mol. The molecule has 0 aliphatic heterocycles. The first-order valence-corrected chi connectivity index (χ1v) is 5.89. The molecule has 1 heterocycles. The van der Waals surface area contributed by atoms with Crippen LogP contribution in [0.1, 0.15) is 28.3 Å². The number of halogens is 1. The Morgan fingerprint density at radius 2 is 1.88 bits per heavy atom. The monoisotopic (exact) mass is 246 g/mol. The maximum atomic E-state index is 6.28. The summed E-state index contributed by atoms with van der Waals surface area (Å²) < 4.78 is 0. The highest BCUT2D eigenvalue weighted by Gasteiger charge is 2.13. The van der Waals surface area contributed by atoms with Gasteiger partial charge >= 0.3 is 0 Å². The normalized spacial score (nSPS) is 12.5. The molecule has 2 N–H and O–H groups in total. The molecule has 1 atom stereocenters. The standard InChI is InChI=1S/C14H15ClN2/c1-9-5-6-17-8-13(9)14(16)12-4-3-11(15)7-10(12)2/h3-8,14H,16H2,1-2H3. The maximum Gasteiger partial charge on any atom is 0.0572 e. The molecule has 3 heteroatoms. The summed E-state index contributed by atoms with van der Waals surface area (Å²) in [5.74, 6) is 0. The number of nitrogens with two attached hydrogens (primary N) is 1. The van der Waals surface area contributed by atoms with Crippen LogP contribution in [0.3, 0.4) is 0 Å². The Morgan fingerprint density at radius 1 is 1.12 bits per heavy atom. The number of rotatable bonds is 2. The van der Waals surface area contributed by atoms with Crippen LogP contribution in [-0.4, -0.2) is 4.98 Å². The van der Waals surface area contributed by atoms with Gasteiger partial charge in [-0.05, 0) is 54.3 Å². The Bertz CT molecular complexity index is 537. The number of benzene rings is 1. The van der Waals surface area contributed by atoms with Gasteiger partial charge in [-0.3, -0.25) is 4.98 Å². The van der Waals surface area contributed by atoms with Crippen molar-refractivity contribution in [2.24, 2.45) is 5.73 Å². The van der Waals surface area contributed by atoms with Crippen molar-refractivity contribution < 1.29 is 0 Å². The van der Waals surface area contributed by atoms with E-state index in [2.05, 4.69) is 4.98 Å². The zero-order chi connectivity index (χ0) is 12.4. The van der Waals surface area contributed by atoms with E-state index < -0.39 is 0 Å². The summed E-state index contributed by atoms with van der Waals surface area (Å²) in [6, 6.07) is 7.61. The van der Waals surface area contributed by atoms with Gasteiger partial charge in [-0.1, -0.05) is 17.7 Å². The molecular formula is C14H15ClN2. The van der Waals surface area contributed by atoms with Crippen LogP contribution in [0.5, 0.6) is 0 Å². The number of aromatic nitrogens is 1. The van der Waals surface area contributed by atoms with Crippen LogP contribution < -0.4 is 5.73 Å². The predicted octanol–water partition coefficient (Wildman–Crippen LogP) is 3.40. The zero-order valence-electron chi connectivity index (χ0n) is 9.94. The van der Waals surface area contributed by atoms with Gasteiger partial charge in [0.15, 0.2) is 0 Å². The lowest BCUT2D eigenvalue weighted by Gasteiger charge is -2.17. The number of pyridine rings is 1. The second kappa shape index (κ2) is 4.86. The van der Waals surface area contributed by atoms with E-state index in [0.29, 0.717) is 0 Å². The summed E-state index contributed by atoms with van der Waals surface area (Å²) in [4.78, 5) is 4.13. The van der Waals surface area contributed by atoms with E-state index in [4.69, 9.17) is 17.3 Å². The maximum absolute atomic E-state index is 6.28. The topological polar surface area (TPSA) is 38.9 Å². The molecule has 0 radical (unpaired) electrons. The van der Waals surface area contributed by atoms with Gasteiger partial charge in [-0.2, -0.15) is 0 Å². The molecule has 0 bridgehead atoms. The fourth-order valence-corrected chi connectivity index (χ4v) is 2.18. The summed E-state index contributed by atoms with van der Waals surface area (Å²) in [7, 11) is 0. The SMILES string of the molecule is Cc1cc(Cl)ccc1C(N)c1cnccc1C. The third kappa shape index (κ3) is 2.48. The van der Waals surface area contributed by atoms with Gasteiger partial charge in [0.25, 0.3) is 0 Å². The van der Waals surface area contributed by atoms with E-state index in [0.717, 1.165) is 27.3 Å². The second-order valence-corrected chi connectivity index (χ2v) is 4.65. The van der Waals surface area contributed by atoms with Crippen LogP contribution in [0.4, 0.5) is 0 Å². The average Bonchev–Trinajstić information content (AvgIpc) is 2.29. The Balaban J connectivity index is 2.44. The van der Waals surface area contributed by atoms with Gasteiger partial charge < -0.3 is 5.73 Å². The molecule has 2 nitrogen and oxygen atoms in total. The molecule has 0 aliphatic carbocycles. The first-order valence-electron chi connectivity index (χ1n) is 5.51. The number of hydrogen-bond donors (Lipinski definition) is 1. The smallest absolute Gasteiger partial charge is 0.0572 e. The van der Waals surface area contributed by atoms with Gasteiger partial charge in [-0.25, -0.2) is 0 Å². The predicted molar refractivity (Wildman–Crippen MR) is 71.2 cm³/mol. The fraction of sp³-hybridized carbons (Fsp3) is 0.214. The third-order valence-corrected chi connectivity index (χ3v) is 3.22. The molecule has 0 saturated carbocycles. The summed E-state index contributed by atoms with van der Waals surface area (Å²) >= 11 is 5.95. The zero-order valence-corrected chi connectivity index (χ0v) is 10.7. The lowest BCUT2D eigenvalue weighted by molar-refractivity contribution is 0.844. The van der Waals surface area contributed by atoms with Crippen LogP contribution >= 0.6 is 11.6 Å². The molecule has 0 spiro atoms. The largest absolute Gasteiger partial charge is 0.320 e. The number of hydrogen-bond acceptors (Lipinski definition) is 2. The van der Waals surface area contributed by atoms with Crippen molar-refractivity contribution in [2.75, 3.05) is 0 Å². The van der Waals surface area contributed by atoms with E-state index in [1.165, 1.54) is 0 Å². The molecule has 17 heavy (non-hydrogen) atoms. The molecule has 1 aromatic heterocycles. The van der Waals surface area contributed by atoms with Gasteiger partial charge in [0, 0.05) is 17.4 Å². The molecule has 0 saturated heterocycles. The van der Waals surface area contributed by atoms with E-state index in [9.17, 15) is 0 Å². The van der Waals surface area contributed by atoms with Gasteiger partial charge in [-0.15, -0.1) is 0 Å². The highest BCUT2D eigenvalue weighted by molar-refractivity contribution is 6.30. The Morgan fingerprint density at radius 3 is 2.53 bits per heavy atom. The molecule has 0 aliphatic rings. The highest BCUT2D eigenvalue weighted by atomic mass is 35.5. The van der Waals surface area contributed by atoms with Crippen LogP contribution in [0.15, 0.2) is 36.7 Å². The van der Waals surface area contributed by atoms with Crippen LogP contribution in [0.25, 0.3) is 0 Å².